The molecular formula is C10H19NO2. The molecule has 0 radical (unpaired) electrons. The maximum atomic E-state index is 10.7. The second-order valence-corrected chi connectivity index (χ2v) is 4.38. The van der Waals surface area contributed by atoms with E-state index >= 15 is 0 Å². The van der Waals surface area contributed by atoms with Gasteiger partial charge in [-0.25, -0.2) is 0 Å². The Morgan fingerprint density at radius 3 is 2.69 bits per heavy atom. The molecule has 1 fully saturated rings. The summed E-state index contributed by atoms with van der Waals surface area (Å²) in [6.45, 7) is 5.43. The van der Waals surface area contributed by atoms with E-state index in [9.17, 15) is 4.79 Å². The van der Waals surface area contributed by atoms with Gasteiger partial charge in [0, 0.05) is 12.5 Å². The van der Waals surface area contributed by atoms with Crippen LogP contribution in [0.25, 0.3) is 0 Å². The Labute approximate surface area is 79.8 Å². The molecule has 3 nitrogen and oxygen atoms in total. The van der Waals surface area contributed by atoms with Gasteiger partial charge in [-0.3, -0.25) is 4.79 Å². The lowest BCUT2D eigenvalue weighted by Crippen LogP contribution is -2.22. The zero-order chi connectivity index (χ0) is 9.90. The number of nitrogens with one attached hydrogen (secondary N) is 1. The third-order valence-corrected chi connectivity index (χ3v) is 2.69. The molecule has 0 spiro atoms. The van der Waals surface area contributed by atoms with E-state index in [0.717, 1.165) is 13.0 Å². The summed E-state index contributed by atoms with van der Waals surface area (Å²) in [5.74, 6) is -0.114. The van der Waals surface area contributed by atoms with Gasteiger partial charge < -0.3 is 10.1 Å². The SMILES string of the molecule is COC(=O)CCCNC1CC1(C)C. The fourth-order valence-corrected chi connectivity index (χ4v) is 1.43. The van der Waals surface area contributed by atoms with Crippen molar-refractivity contribution >= 4 is 5.97 Å². The van der Waals surface area contributed by atoms with E-state index in [0.29, 0.717) is 17.9 Å². The van der Waals surface area contributed by atoms with Crippen LogP contribution in [-0.2, 0) is 9.53 Å². The van der Waals surface area contributed by atoms with Crippen molar-refractivity contribution in [2.24, 2.45) is 5.41 Å². The first-order valence-electron chi connectivity index (χ1n) is 4.86. The van der Waals surface area contributed by atoms with E-state index in [1.807, 2.05) is 0 Å². The van der Waals surface area contributed by atoms with Crippen LogP contribution < -0.4 is 5.32 Å². The van der Waals surface area contributed by atoms with Gasteiger partial charge in [0.1, 0.15) is 0 Å². The summed E-state index contributed by atoms with van der Waals surface area (Å²) in [5.41, 5.74) is 0.477. The van der Waals surface area contributed by atoms with Crippen LogP contribution in [0, 0.1) is 5.41 Å². The Morgan fingerprint density at radius 2 is 2.23 bits per heavy atom. The molecule has 3 heteroatoms. The van der Waals surface area contributed by atoms with Crippen molar-refractivity contribution in [1.29, 1.82) is 0 Å². The monoisotopic (exact) mass is 185 g/mol. The largest absolute Gasteiger partial charge is 0.469 e. The fourth-order valence-electron chi connectivity index (χ4n) is 1.43. The van der Waals surface area contributed by atoms with Crippen molar-refractivity contribution < 1.29 is 9.53 Å². The molecule has 1 saturated carbocycles. The summed E-state index contributed by atoms with van der Waals surface area (Å²) in [4.78, 5) is 10.7. The average molecular weight is 185 g/mol. The molecule has 1 aliphatic carbocycles. The lowest BCUT2D eigenvalue weighted by atomic mass is 10.2. The zero-order valence-electron chi connectivity index (χ0n) is 8.72. The molecule has 0 bridgehead atoms. The van der Waals surface area contributed by atoms with Gasteiger partial charge in [0.15, 0.2) is 0 Å². The molecule has 0 aliphatic heterocycles. The van der Waals surface area contributed by atoms with Crippen molar-refractivity contribution in [1.82, 2.24) is 5.32 Å². The zero-order valence-corrected chi connectivity index (χ0v) is 8.72. The predicted molar refractivity (Wildman–Crippen MR) is 51.4 cm³/mol. The predicted octanol–water partition coefficient (Wildman–Crippen LogP) is 1.33. The molecule has 1 N–H and O–H groups in total. The third kappa shape index (κ3) is 3.35. The molecule has 1 atom stereocenters. The third-order valence-electron chi connectivity index (χ3n) is 2.69. The van der Waals surface area contributed by atoms with E-state index in [-0.39, 0.29) is 5.97 Å². The first-order chi connectivity index (χ1) is 6.06. The maximum Gasteiger partial charge on any atom is 0.305 e. The summed E-state index contributed by atoms with van der Waals surface area (Å²) < 4.78 is 4.55. The molecule has 0 heterocycles. The Kier molecular flexibility index (Phi) is 3.31. The van der Waals surface area contributed by atoms with Crippen LogP contribution in [-0.4, -0.2) is 25.7 Å². The Balaban J connectivity index is 1.94. The number of carbonyl (C=O) groups excluding carboxylic acids is 1. The minimum absolute atomic E-state index is 0.114. The van der Waals surface area contributed by atoms with Crippen molar-refractivity contribution in [2.75, 3.05) is 13.7 Å². The van der Waals surface area contributed by atoms with Gasteiger partial charge in [0.05, 0.1) is 7.11 Å². The topological polar surface area (TPSA) is 38.3 Å². The van der Waals surface area contributed by atoms with Gasteiger partial charge in [-0.15, -0.1) is 0 Å². The van der Waals surface area contributed by atoms with Crippen molar-refractivity contribution in [3.05, 3.63) is 0 Å². The Bertz CT molecular complexity index is 189. The molecule has 0 saturated heterocycles. The van der Waals surface area contributed by atoms with E-state index < -0.39 is 0 Å². The Morgan fingerprint density at radius 1 is 1.62 bits per heavy atom. The molecule has 1 rings (SSSR count). The van der Waals surface area contributed by atoms with Crippen molar-refractivity contribution in [2.45, 2.75) is 39.2 Å². The first kappa shape index (κ1) is 10.5. The van der Waals surface area contributed by atoms with Gasteiger partial charge in [-0.05, 0) is 24.8 Å². The molecule has 1 aliphatic rings. The van der Waals surface area contributed by atoms with Crippen LogP contribution in [0.1, 0.15) is 33.1 Å². The summed E-state index contributed by atoms with van der Waals surface area (Å²) >= 11 is 0. The van der Waals surface area contributed by atoms with E-state index in [1.165, 1.54) is 13.5 Å². The molecule has 76 valence electrons. The Hall–Kier alpha value is -0.570. The van der Waals surface area contributed by atoms with Crippen LogP contribution in [0.5, 0.6) is 0 Å². The van der Waals surface area contributed by atoms with Crippen LogP contribution >= 0.6 is 0 Å². The number of hydrogen-bond donors (Lipinski definition) is 1. The fraction of sp³-hybridized carbons (Fsp3) is 0.900. The summed E-state index contributed by atoms with van der Waals surface area (Å²) in [7, 11) is 1.43. The molecule has 0 aromatic heterocycles. The molecule has 0 amide bonds. The minimum Gasteiger partial charge on any atom is -0.469 e. The number of ether oxygens (including phenoxy) is 1. The van der Waals surface area contributed by atoms with Gasteiger partial charge in [0.25, 0.3) is 0 Å². The summed E-state index contributed by atoms with van der Waals surface area (Å²) in [6, 6.07) is 0.658. The van der Waals surface area contributed by atoms with E-state index in [4.69, 9.17) is 0 Å². The lowest BCUT2D eigenvalue weighted by Gasteiger charge is -2.05. The highest BCUT2D eigenvalue weighted by molar-refractivity contribution is 5.69. The highest BCUT2D eigenvalue weighted by Gasteiger charge is 2.44. The second-order valence-electron chi connectivity index (χ2n) is 4.38. The van der Waals surface area contributed by atoms with E-state index in [1.54, 1.807) is 0 Å². The van der Waals surface area contributed by atoms with Crippen LogP contribution in [0.15, 0.2) is 0 Å². The van der Waals surface area contributed by atoms with E-state index in [2.05, 4.69) is 23.9 Å². The smallest absolute Gasteiger partial charge is 0.305 e. The highest BCUT2D eigenvalue weighted by atomic mass is 16.5. The van der Waals surface area contributed by atoms with Gasteiger partial charge in [-0.1, -0.05) is 13.8 Å². The minimum atomic E-state index is -0.114. The number of carbonyl (C=O) groups is 1. The lowest BCUT2D eigenvalue weighted by molar-refractivity contribution is -0.140. The molecular weight excluding hydrogens is 166 g/mol. The standard InChI is InChI=1S/C10H19NO2/c1-10(2)7-8(10)11-6-4-5-9(12)13-3/h8,11H,4-7H2,1-3H3. The normalized spacial score (nSPS) is 24.1. The van der Waals surface area contributed by atoms with Gasteiger partial charge >= 0.3 is 5.97 Å². The molecule has 13 heavy (non-hydrogen) atoms. The second kappa shape index (κ2) is 4.09. The van der Waals surface area contributed by atoms with Gasteiger partial charge in [-0.2, -0.15) is 0 Å². The first-order valence-corrected chi connectivity index (χ1v) is 4.86. The highest BCUT2D eigenvalue weighted by Crippen LogP contribution is 2.44. The van der Waals surface area contributed by atoms with Crippen LogP contribution in [0.4, 0.5) is 0 Å². The molecule has 1 unspecified atom stereocenters. The number of methoxy groups -OCH3 is 1. The number of hydrogen-bond acceptors (Lipinski definition) is 3. The quantitative estimate of drug-likeness (QED) is 0.518. The van der Waals surface area contributed by atoms with Gasteiger partial charge in [0.2, 0.25) is 0 Å². The average Bonchev–Trinajstić information content (AvgIpc) is 2.67. The maximum absolute atomic E-state index is 10.7. The molecule has 0 aromatic rings. The van der Waals surface area contributed by atoms with Crippen molar-refractivity contribution in [3.63, 3.8) is 0 Å². The molecule has 0 aromatic carbocycles. The number of rotatable bonds is 5. The van der Waals surface area contributed by atoms with Crippen LogP contribution in [0.2, 0.25) is 0 Å². The number of esters is 1. The summed E-state index contributed by atoms with van der Waals surface area (Å²) in [6.07, 6.45) is 2.65. The van der Waals surface area contributed by atoms with Crippen molar-refractivity contribution in [3.8, 4) is 0 Å². The van der Waals surface area contributed by atoms with Crippen LogP contribution in [0.3, 0.4) is 0 Å². The summed E-state index contributed by atoms with van der Waals surface area (Å²) in [5, 5.41) is 3.42.